The predicted octanol–water partition coefficient (Wildman–Crippen LogP) is 2.46. The van der Waals surface area contributed by atoms with E-state index in [1.54, 1.807) is 6.07 Å². The first-order valence-corrected chi connectivity index (χ1v) is 8.31. The molecule has 0 saturated carbocycles. The van der Waals surface area contributed by atoms with E-state index in [4.69, 9.17) is 5.14 Å². The summed E-state index contributed by atoms with van der Waals surface area (Å²) in [6, 6.07) is 9.04. The van der Waals surface area contributed by atoms with E-state index in [9.17, 15) is 27.3 Å². The van der Waals surface area contributed by atoms with Crippen LogP contribution in [0.4, 0.5) is 20.2 Å². The third-order valence-corrected chi connectivity index (χ3v) is 4.06. The fourth-order valence-corrected chi connectivity index (χ4v) is 2.57. The number of ether oxygens (including phenoxy) is 1. The molecule has 0 spiro atoms. The van der Waals surface area contributed by atoms with Crippen LogP contribution in [0.25, 0.3) is 0 Å². The Hall–Kier alpha value is -2.79. The van der Waals surface area contributed by atoms with Crippen LogP contribution in [0.3, 0.4) is 0 Å². The number of primary sulfonamides is 1. The van der Waals surface area contributed by atoms with E-state index in [0.29, 0.717) is 5.56 Å². The van der Waals surface area contributed by atoms with Crippen molar-refractivity contribution in [2.75, 3.05) is 5.32 Å². The van der Waals surface area contributed by atoms with Crippen LogP contribution in [0.5, 0.6) is 5.75 Å². The van der Waals surface area contributed by atoms with Crippen molar-refractivity contribution >= 4 is 21.4 Å². The summed E-state index contributed by atoms with van der Waals surface area (Å²) in [6.45, 7) is -3.07. The quantitative estimate of drug-likeness (QED) is 0.567. The summed E-state index contributed by atoms with van der Waals surface area (Å²) in [5, 5.41) is 18.8. The van der Waals surface area contributed by atoms with Gasteiger partial charge in [0, 0.05) is 18.2 Å². The fraction of sp³-hybridized carbons (Fsp3) is 0.143. The molecular formula is C14H13F2N3O5S. The number of anilines is 1. The van der Waals surface area contributed by atoms with E-state index < -0.39 is 32.1 Å². The molecule has 0 fully saturated rings. The van der Waals surface area contributed by atoms with Gasteiger partial charge in [-0.15, -0.1) is 0 Å². The van der Waals surface area contributed by atoms with Crippen LogP contribution in [0.2, 0.25) is 0 Å². The lowest BCUT2D eigenvalue weighted by Crippen LogP contribution is -2.13. The number of alkyl halides is 2. The molecule has 0 unspecified atom stereocenters. The van der Waals surface area contributed by atoms with Crippen LogP contribution in [-0.4, -0.2) is 20.0 Å². The SMILES string of the molecule is NS(=O)(=O)c1ccc(NCc2ccccc2OC(F)F)c([N+](=O)[O-])c1. The van der Waals surface area contributed by atoms with Crippen molar-refractivity contribution < 1.29 is 26.9 Å². The highest BCUT2D eigenvalue weighted by Crippen LogP contribution is 2.29. The van der Waals surface area contributed by atoms with Crippen molar-refractivity contribution in [1.82, 2.24) is 0 Å². The largest absolute Gasteiger partial charge is 0.434 e. The number of nitrogens with one attached hydrogen (secondary N) is 1. The van der Waals surface area contributed by atoms with Gasteiger partial charge in [0.2, 0.25) is 10.0 Å². The number of hydrogen-bond donors (Lipinski definition) is 2. The molecule has 8 nitrogen and oxygen atoms in total. The predicted molar refractivity (Wildman–Crippen MR) is 84.9 cm³/mol. The standard InChI is InChI=1S/C14H13F2N3O5S/c15-14(16)24-13-4-2-1-3-9(13)8-18-11-6-5-10(25(17,22)23)7-12(11)19(20)21/h1-7,14,18H,8H2,(H2,17,22,23). The Morgan fingerprint density at radius 1 is 1.24 bits per heavy atom. The highest BCUT2D eigenvalue weighted by molar-refractivity contribution is 7.89. The highest BCUT2D eigenvalue weighted by Gasteiger charge is 2.19. The van der Waals surface area contributed by atoms with Gasteiger partial charge in [-0.05, 0) is 18.2 Å². The summed E-state index contributed by atoms with van der Waals surface area (Å²) in [5.74, 6) is -0.0752. The first-order chi connectivity index (χ1) is 11.7. The lowest BCUT2D eigenvalue weighted by molar-refractivity contribution is -0.384. The maximum absolute atomic E-state index is 12.4. The lowest BCUT2D eigenvalue weighted by atomic mass is 10.2. The second kappa shape index (κ2) is 7.40. The minimum atomic E-state index is -4.10. The van der Waals surface area contributed by atoms with Crippen LogP contribution in [0.1, 0.15) is 5.56 Å². The number of sulfonamides is 1. The second-order valence-electron chi connectivity index (χ2n) is 4.82. The van der Waals surface area contributed by atoms with Gasteiger partial charge in [-0.1, -0.05) is 18.2 Å². The third-order valence-electron chi connectivity index (χ3n) is 3.15. The molecule has 2 aromatic carbocycles. The smallest absolute Gasteiger partial charge is 0.387 e. The monoisotopic (exact) mass is 373 g/mol. The molecule has 2 rings (SSSR count). The molecule has 0 amide bonds. The molecule has 0 atom stereocenters. The Balaban J connectivity index is 2.28. The number of nitro groups is 1. The molecule has 0 radical (unpaired) electrons. The van der Waals surface area contributed by atoms with Gasteiger partial charge in [0.15, 0.2) is 0 Å². The number of benzene rings is 2. The summed E-state index contributed by atoms with van der Waals surface area (Å²) in [4.78, 5) is 9.94. The topological polar surface area (TPSA) is 125 Å². The normalized spacial score (nSPS) is 11.4. The fourth-order valence-electron chi connectivity index (χ4n) is 2.04. The Morgan fingerprint density at radius 2 is 1.92 bits per heavy atom. The van der Waals surface area contributed by atoms with E-state index in [2.05, 4.69) is 10.1 Å². The lowest BCUT2D eigenvalue weighted by Gasteiger charge is -2.12. The van der Waals surface area contributed by atoms with Crippen molar-refractivity contribution in [1.29, 1.82) is 0 Å². The van der Waals surface area contributed by atoms with Crippen molar-refractivity contribution in [3.05, 3.63) is 58.1 Å². The molecule has 0 heterocycles. The van der Waals surface area contributed by atoms with E-state index in [1.165, 1.54) is 24.3 Å². The number of halogens is 2. The number of hydrogen-bond acceptors (Lipinski definition) is 6. The number of nitro benzene ring substituents is 1. The number of nitrogens with zero attached hydrogens (tertiary/aromatic N) is 1. The summed E-state index contributed by atoms with van der Waals surface area (Å²) in [6.07, 6.45) is 0. The van der Waals surface area contributed by atoms with Crippen LogP contribution >= 0.6 is 0 Å². The zero-order valence-corrected chi connectivity index (χ0v) is 13.4. The van der Waals surface area contributed by atoms with E-state index in [1.807, 2.05) is 0 Å². The summed E-state index contributed by atoms with van der Waals surface area (Å²) >= 11 is 0. The molecule has 0 aliphatic heterocycles. The van der Waals surface area contributed by atoms with Crippen molar-refractivity contribution in [3.63, 3.8) is 0 Å². The zero-order valence-electron chi connectivity index (χ0n) is 12.6. The summed E-state index contributed by atoms with van der Waals surface area (Å²) in [7, 11) is -4.10. The van der Waals surface area contributed by atoms with Crippen LogP contribution in [0.15, 0.2) is 47.4 Å². The average Bonchev–Trinajstić information content (AvgIpc) is 2.52. The maximum Gasteiger partial charge on any atom is 0.387 e. The maximum atomic E-state index is 12.4. The minimum Gasteiger partial charge on any atom is -0.434 e. The first-order valence-electron chi connectivity index (χ1n) is 6.76. The molecule has 134 valence electrons. The third kappa shape index (κ3) is 4.84. The van der Waals surface area contributed by atoms with Gasteiger partial charge in [0.25, 0.3) is 5.69 Å². The molecule has 0 saturated heterocycles. The summed E-state index contributed by atoms with van der Waals surface area (Å²) < 4.78 is 51.7. The van der Waals surface area contributed by atoms with Crippen molar-refractivity contribution in [2.24, 2.45) is 5.14 Å². The number of para-hydroxylation sites is 1. The minimum absolute atomic E-state index is 0.00394. The number of nitrogens with two attached hydrogens (primary N) is 1. The molecule has 11 heteroatoms. The van der Waals surface area contributed by atoms with Crippen LogP contribution in [-0.2, 0) is 16.6 Å². The molecular weight excluding hydrogens is 360 g/mol. The Kier molecular flexibility index (Phi) is 5.49. The zero-order chi connectivity index (χ0) is 18.6. The molecule has 2 aromatic rings. The van der Waals surface area contributed by atoms with Crippen molar-refractivity contribution in [3.8, 4) is 5.75 Å². The highest BCUT2D eigenvalue weighted by atomic mass is 32.2. The van der Waals surface area contributed by atoms with E-state index in [-0.39, 0.29) is 18.0 Å². The summed E-state index contributed by atoms with van der Waals surface area (Å²) in [5.41, 5.74) is -0.171. The molecule has 3 N–H and O–H groups in total. The van der Waals surface area contributed by atoms with E-state index >= 15 is 0 Å². The molecule has 0 aliphatic rings. The Labute approximate surface area is 141 Å². The van der Waals surface area contributed by atoms with Crippen LogP contribution in [0, 0.1) is 10.1 Å². The van der Waals surface area contributed by atoms with Gasteiger partial charge < -0.3 is 10.1 Å². The first kappa shape index (κ1) is 18.5. The van der Waals surface area contributed by atoms with Gasteiger partial charge in [0.05, 0.1) is 9.82 Å². The van der Waals surface area contributed by atoms with E-state index in [0.717, 1.165) is 12.1 Å². The van der Waals surface area contributed by atoms with Crippen LogP contribution < -0.4 is 15.2 Å². The van der Waals surface area contributed by atoms with Gasteiger partial charge in [-0.2, -0.15) is 8.78 Å². The molecule has 0 aromatic heterocycles. The average molecular weight is 373 g/mol. The van der Waals surface area contributed by atoms with Gasteiger partial charge in [0.1, 0.15) is 11.4 Å². The molecule has 25 heavy (non-hydrogen) atoms. The van der Waals surface area contributed by atoms with Gasteiger partial charge in [-0.25, -0.2) is 13.6 Å². The van der Waals surface area contributed by atoms with Gasteiger partial charge >= 0.3 is 6.61 Å². The van der Waals surface area contributed by atoms with Gasteiger partial charge in [-0.3, -0.25) is 10.1 Å². The van der Waals surface area contributed by atoms with Crippen molar-refractivity contribution in [2.45, 2.75) is 18.1 Å². The second-order valence-corrected chi connectivity index (χ2v) is 6.38. The Bertz CT molecular complexity index is 890. The molecule has 0 aliphatic carbocycles. The Morgan fingerprint density at radius 3 is 2.52 bits per heavy atom. The molecule has 0 bridgehead atoms. The number of rotatable bonds is 7.